The van der Waals surface area contributed by atoms with Gasteiger partial charge in [-0.15, -0.1) is 0 Å². The zero-order chi connectivity index (χ0) is 19.8. The molecule has 3 N–H and O–H groups in total. The Morgan fingerprint density at radius 1 is 1.14 bits per heavy atom. The number of aromatic amines is 1. The lowest BCUT2D eigenvalue weighted by Gasteiger charge is -2.32. The Balaban J connectivity index is 1.81. The molecule has 0 spiro atoms. The van der Waals surface area contributed by atoms with E-state index in [1.165, 1.54) is 12.1 Å². The van der Waals surface area contributed by atoms with Gasteiger partial charge in [0, 0.05) is 23.6 Å². The summed E-state index contributed by atoms with van der Waals surface area (Å²) < 4.78 is 42.8. The molecule has 1 aliphatic rings. The molecule has 0 fully saturated rings. The monoisotopic (exact) mass is 451 g/mol. The van der Waals surface area contributed by atoms with Crippen molar-refractivity contribution in [3.05, 3.63) is 69.1 Å². The molecule has 4 rings (SSSR count). The van der Waals surface area contributed by atoms with E-state index in [1.807, 2.05) is 6.07 Å². The first-order valence-electron chi connectivity index (χ1n) is 9.41. The van der Waals surface area contributed by atoms with Gasteiger partial charge in [0.1, 0.15) is 17.5 Å². The molecule has 3 aromatic rings. The summed E-state index contributed by atoms with van der Waals surface area (Å²) >= 11 is 3.18. The van der Waals surface area contributed by atoms with Crippen molar-refractivity contribution >= 4 is 26.8 Å². The van der Waals surface area contributed by atoms with Crippen LogP contribution in [0, 0.1) is 17.5 Å². The summed E-state index contributed by atoms with van der Waals surface area (Å²) in [4.78, 5) is 3.12. The summed E-state index contributed by atoms with van der Waals surface area (Å²) in [5.74, 6) is -1.59. The molecular formula is C21H21BrF3N3. The van der Waals surface area contributed by atoms with Gasteiger partial charge in [-0.05, 0) is 58.2 Å². The highest BCUT2D eigenvalue weighted by molar-refractivity contribution is 9.10. The van der Waals surface area contributed by atoms with Crippen molar-refractivity contribution < 1.29 is 13.2 Å². The second kappa shape index (κ2) is 7.89. The number of aromatic nitrogens is 1. The fourth-order valence-electron chi connectivity index (χ4n) is 3.85. The van der Waals surface area contributed by atoms with Crippen LogP contribution in [0.25, 0.3) is 10.9 Å². The largest absolute Gasteiger partial charge is 0.354 e. The lowest BCUT2D eigenvalue weighted by Crippen LogP contribution is -2.49. The van der Waals surface area contributed by atoms with Gasteiger partial charge in [-0.3, -0.25) is 5.32 Å². The first kappa shape index (κ1) is 19.5. The molecule has 7 heteroatoms. The molecule has 1 aliphatic heterocycles. The molecule has 2 atom stereocenters. The highest BCUT2D eigenvalue weighted by Crippen LogP contribution is 2.36. The first-order chi connectivity index (χ1) is 13.5. The Labute approximate surface area is 169 Å². The number of H-pyrrole nitrogens is 1. The van der Waals surface area contributed by atoms with Crippen LogP contribution in [0.4, 0.5) is 13.2 Å². The van der Waals surface area contributed by atoms with Gasteiger partial charge in [-0.2, -0.15) is 0 Å². The summed E-state index contributed by atoms with van der Waals surface area (Å²) in [7, 11) is 0. The second-order valence-corrected chi connectivity index (χ2v) is 8.02. The van der Waals surface area contributed by atoms with Crippen LogP contribution in [0.3, 0.4) is 0 Å². The van der Waals surface area contributed by atoms with E-state index in [0.29, 0.717) is 16.3 Å². The van der Waals surface area contributed by atoms with E-state index >= 15 is 0 Å². The normalized spacial score (nSPS) is 19.2. The molecule has 1 aromatic heterocycles. The number of hydrogen-bond acceptors (Lipinski definition) is 2. The summed E-state index contributed by atoms with van der Waals surface area (Å²) in [5, 5.41) is 7.48. The summed E-state index contributed by atoms with van der Waals surface area (Å²) in [5.41, 5.74) is 2.60. The highest BCUT2D eigenvalue weighted by atomic mass is 79.9. The van der Waals surface area contributed by atoms with Crippen LogP contribution in [-0.4, -0.2) is 17.7 Å². The number of benzene rings is 2. The van der Waals surface area contributed by atoms with Gasteiger partial charge >= 0.3 is 0 Å². The van der Waals surface area contributed by atoms with E-state index in [9.17, 15) is 13.2 Å². The van der Waals surface area contributed by atoms with Crippen LogP contribution in [0.2, 0.25) is 0 Å². The molecule has 28 heavy (non-hydrogen) atoms. The minimum atomic E-state index is -0.624. The molecule has 0 unspecified atom stereocenters. The average Bonchev–Trinajstić information content (AvgIpc) is 3.03. The fourth-order valence-corrected chi connectivity index (χ4v) is 4.09. The number of halogens is 4. The van der Waals surface area contributed by atoms with E-state index in [4.69, 9.17) is 0 Å². The smallest absolute Gasteiger partial charge is 0.150 e. The quantitative estimate of drug-likeness (QED) is 0.460. The predicted octanol–water partition coefficient (Wildman–Crippen LogP) is 5.30. The molecule has 0 amide bonds. The van der Waals surface area contributed by atoms with Crippen LogP contribution in [0.1, 0.15) is 42.6 Å². The Bertz CT molecular complexity index is 1020. The van der Waals surface area contributed by atoms with Crippen molar-refractivity contribution in [3.63, 3.8) is 0 Å². The Hall–Kier alpha value is -1.83. The number of hydrogen-bond donors (Lipinski definition) is 3. The van der Waals surface area contributed by atoms with Crippen molar-refractivity contribution in [2.45, 2.75) is 38.4 Å². The van der Waals surface area contributed by atoms with Gasteiger partial charge in [-0.25, -0.2) is 13.2 Å². The van der Waals surface area contributed by atoms with Crippen molar-refractivity contribution in [1.29, 1.82) is 0 Å². The van der Waals surface area contributed by atoms with Crippen LogP contribution in [0.5, 0.6) is 0 Å². The lowest BCUT2D eigenvalue weighted by atomic mass is 9.92. The van der Waals surface area contributed by atoms with Crippen LogP contribution in [-0.2, 0) is 6.42 Å². The Morgan fingerprint density at radius 2 is 1.96 bits per heavy atom. The van der Waals surface area contributed by atoms with Crippen LogP contribution < -0.4 is 10.6 Å². The maximum Gasteiger partial charge on any atom is 0.150 e. The summed E-state index contributed by atoms with van der Waals surface area (Å²) in [6.07, 6.45) is 2.59. The van der Waals surface area contributed by atoms with Gasteiger partial charge < -0.3 is 10.3 Å². The summed E-state index contributed by atoms with van der Waals surface area (Å²) in [6.45, 7) is 2.95. The first-order valence-corrected chi connectivity index (χ1v) is 10.2. The van der Waals surface area contributed by atoms with Gasteiger partial charge in [-0.1, -0.05) is 19.4 Å². The molecule has 3 nitrogen and oxygen atoms in total. The van der Waals surface area contributed by atoms with Crippen LogP contribution >= 0.6 is 15.9 Å². The third-order valence-corrected chi connectivity index (χ3v) is 5.87. The highest BCUT2D eigenvalue weighted by Gasteiger charge is 2.31. The zero-order valence-electron chi connectivity index (χ0n) is 15.4. The second-order valence-electron chi connectivity index (χ2n) is 7.17. The molecule has 0 saturated carbocycles. The maximum absolute atomic E-state index is 14.4. The van der Waals surface area contributed by atoms with Gasteiger partial charge in [0.15, 0.2) is 0 Å². The maximum atomic E-state index is 14.4. The molecule has 0 aliphatic carbocycles. The molecule has 0 radical (unpaired) electrons. The average molecular weight is 452 g/mol. The van der Waals surface area contributed by atoms with E-state index in [2.05, 4.69) is 38.5 Å². The van der Waals surface area contributed by atoms with Crippen molar-refractivity contribution in [1.82, 2.24) is 15.6 Å². The molecule has 2 aromatic carbocycles. The van der Waals surface area contributed by atoms with Crippen molar-refractivity contribution in [2.24, 2.45) is 0 Å². The fraction of sp³-hybridized carbons (Fsp3) is 0.333. The summed E-state index contributed by atoms with van der Waals surface area (Å²) in [6, 6.07) is 6.82. The SMILES string of the molecule is CCCCN[C@H]1Cc2c([nH]c3c(F)cc(F)cc23)[C@H](c2ccc(Br)c(F)c2)N1. The molecule has 0 saturated heterocycles. The Morgan fingerprint density at radius 3 is 2.71 bits per heavy atom. The molecule has 148 valence electrons. The van der Waals surface area contributed by atoms with Gasteiger partial charge in [0.05, 0.1) is 22.2 Å². The van der Waals surface area contributed by atoms with E-state index in [1.54, 1.807) is 6.07 Å². The topological polar surface area (TPSA) is 39.9 Å². The number of rotatable bonds is 5. The molecular weight excluding hydrogens is 431 g/mol. The van der Waals surface area contributed by atoms with Gasteiger partial charge in [0.25, 0.3) is 0 Å². The third-order valence-electron chi connectivity index (χ3n) is 5.23. The van der Waals surface area contributed by atoms with E-state index in [0.717, 1.165) is 42.3 Å². The molecule has 0 bridgehead atoms. The van der Waals surface area contributed by atoms with E-state index < -0.39 is 11.6 Å². The van der Waals surface area contributed by atoms with Crippen molar-refractivity contribution in [2.75, 3.05) is 6.54 Å². The van der Waals surface area contributed by atoms with Crippen LogP contribution in [0.15, 0.2) is 34.8 Å². The number of fused-ring (bicyclic) bond motifs is 3. The lowest BCUT2D eigenvalue weighted by molar-refractivity contribution is 0.367. The molecule has 2 heterocycles. The van der Waals surface area contributed by atoms with E-state index in [-0.39, 0.29) is 23.5 Å². The Kier molecular flexibility index (Phi) is 5.49. The van der Waals surface area contributed by atoms with Crippen molar-refractivity contribution in [3.8, 4) is 0 Å². The number of nitrogens with one attached hydrogen (secondary N) is 3. The zero-order valence-corrected chi connectivity index (χ0v) is 17.0. The predicted molar refractivity (Wildman–Crippen MR) is 108 cm³/mol. The standard InChI is InChI=1S/C21H21BrF3N3/c1-2-3-6-26-18-10-14-13-8-12(23)9-17(25)20(13)28-21(14)19(27-18)11-4-5-15(22)16(24)7-11/h4-5,7-9,18-19,26-28H,2-3,6,10H2,1H3/t18-,19+/m1/s1. The third kappa shape index (κ3) is 3.58. The number of unbranched alkanes of at least 4 members (excludes halogenated alkanes) is 1. The van der Waals surface area contributed by atoms with Gasteiger partial charge in [0.2, 0.25) is 0 Å². The minimum absolute atomic E-state index is 0.0823. The minimum Gasteiger partial charge on any atom is -0.354 e.